The van der Waals surface area contributed by atoms with E-state index in [-0.39, 0.29) is 0 Å². The Hall–Kier alpha value is -3.57. The summed E-state index contributed by atoms with van der Waals surface area (Å²) in [5.41, 5.74) is 8.95. The number of aromatic amines is 1. The molecule has 5 aromatic rings. The fraction of sp³-hybridized carbons (Fsp3) is 0.0833. The zero-order valence-electron chi connectivity index (χ0n) is 16.5. The number of nitrogens with one attached hydrogen (secondary N) is 2. The minimum atomic E-state index is 0.585. The lowest BCUT2D eigenvalue weighted by molar-refractivity contribution is 0.617. The van der Waals surface area contributed by atoms with E-state index in [0.717, 1.165) is 38.5 Å². The molecule has 0 unspecified atom stereocenters. The van der Waals surface area contributed by atoms with Gasteiger partial charge < -0.3 is 9.40 Å². The van der Waals surface area contributed by atoms with Crippen molar-refractivity contribution in [3.8, 4) is 11.3 Å². The number of rotatable bonds is 3. The standard InChI is InChI=1S/C24H19ClN4O/c1-14-11-18-21(28-29-24-26-19-5-3-4-6-20(19)27-24)13-22(30-23(18)12-15(14)2)16-7-9-17(25)10-8-16/h3-13H,1-2H3,(H2,26,27,29)/b28-21+. The Balaban J connectivity index is 1.66. The van der Waals surface area contributed by atoms with Crippen molar-refractivity contribution < 1.29 is 4.42 Å². The van der Waals surface area contributed by atoms with Gasteiger partial charge in [-0.05, 0) is 73.5 Å². The van der Waals surface area contributed by atoms with Crippen LogP contribution in [0.3, 0.4) is 0 Å². The number of aromatic nitrogens is 2. The SMILES string of the molecule is Cc1cc2oc(-c3ccc(Cl)cc3)c/c(=N\Nc3nc4ccccc4[nH]3)c2cc1C. The van der Waals surface area contributed by atoms with Crippen LogP contribution in [0.15, 0.2) is 76.2 Å². The van der Waals surface area contributed by atoms with Crippen molar-refractivity contribution in [2.45, 2.75) is 13.8 Å². The van der Waals surface area contributed by atoms with Crippen LogP contribution in [0.25, 0.3) is 33.3 Å². The number of hydrogen-bond acceptors (Lipinski definition) is 4. The third-order valence-electron chi connectivity index (χ3n) is 5.16. The molecule has 6 heteroatoms. The highest BCUT2D eigenvalue weighted by atomic mass is 35.5. The van der Waals surface area contributed by atoms with Crippen molar-refractivity contribution in [1.82, 2.24) is 9.97 Å². The largest absolute Gasteiger partial charge is 0.456 e. The minimum absolute atomic E-state index is 0.585. The van der Waals surface area contributed by atoms with Crippen LogP contribution < -0.4 is 10.8 Å². The fourth-order valence-electron chi connectivity index (χ4n) is 3.39. The van der Waals surface area contributed by atoms with Gasteiger partial charge in [0.25, 0.3) is 0 Å². The number of aryl methyl sites for hydroxylation is 2. The van der Waals surface area contributed by atoms with Gasteiger partial charge in [-0.25, -0.2) is 10.4 Å². The first-order valence-electron chi connectivity index (χ1n) is 9.62. The summed E-state index contributed by atoms with van der Waals surface area (Å²) in [7, 11) is 0. The van der Waals surface area contributed by atoms with Gasteiger partial charge in [-0.2, -0.15) is 5.10 Å². The van der Waals surface area contributed by atoms with E-state index in [1.54, 1.807) is 0 Å². The van der Waals surface area contributed by atoms with E-state index in [1.807, 2.05) is 60.7 Å². The fourth-order valence-corrected chi connectivity index (χ4v) is 3.52. The Morgan fingerprint density at radius 1 is 0.967 bits per heavy atom. The third-order valence-corrected chi connectivity index (χ3v) is 5.41. The van der Waals surface area contributed by atoms with Crippen LogP contribution in [0.1, 0.15) is 11.1 Å². The van der Waals surface area contributed by atoms with E-state index in [9.17, 15) is 0 Å². The molecule has 0 saturated heterocycles. The van der Waals surface area contributed by atoms with E-state index in [2.05, 4.69) is 40.4 Å². The van der Waals surface area contributed by atoms with Gasteiger partial charge >= 0.3 is 0 Å². The molecule has 2 N–H and O–H groups in total. The van der Waals surface area contributed by atoms with E-state index in [1.165, 1.54) is 5.56 Å². The molecule has 5 nitrogen and oxygen atoms in total. The molecule has 0 saturated carbocycles. The summed E-state index contributed by atoms with van der Waals surface area (Å²) < 4.78 is 6.21. The van der Waals surface area contributed by atoms with Crippen molar-refractivity contribution in [2.24, 2.45) is 5.10 Å². The molecule has 2 heterocycles. The number of H-pyrrole nitrogens is 1. The molecule has 0 bridgehead atoms. The predicted octanol–water partition coefficient (Wildman–Crippen LogP) is 6.17. The van der Waals surface area contributed by atoms with Crippen LogP contribution in [-0.4, -0.2) is 9.97 Å². The van der Waals surface area contributed by atoms with Crippen LogP contribution in [0.4, 0.5) is 5.95 Å². The minimum Gasteiger partial charge on any atom is -0.456 e. The van der Waals surface area contributed by atoms with Crippen molar-refractivity contribution in [3.63, 3.8) is 0 Å². The van der Waals surface area contributed by atoms with E-state index in [4.69, 9.17) is 16.0 Å². The molecular formula is C24H19ClN4O. The number of para-hydroxylation sites is 2. The Kier molecular flexibility index (Phi) is 4.52. The summed E-state index contributed by atoms with van der Waals surface area (Å²) in [4.78, 5) is 7.76. The molecule has 5 rings (SSSR count). The Morgan fingerprint density at radius 3 is 2.53 bits per heavy atom. The lowest BCUT2D eigenvalue weighted by Gasteiger charge is -2.08. The Labute approximate surface area is 178 Å². The molecule has 2 aromatic heterocycles. The second-order valence-corrected chi connectivity index (χ2v) is 7.70. The molecular weight excluding hydrogens is 396 g/mol. The van der Waals surface area contributed by atoms with Crippen molar-refractivity contribution in [2.75, 3.05) is 5.43 Å². The van der Waals surface area contributed by atoms with Crippen LogP contribution >= 0.6 is 11.6 Å². The van der Waals surface area contributed by atoms with Gasteiger partial charge in [-0.15, -0.1) is 0 Å². The smallest absolute Gasteiger partial charge is 0.222 e. The Bertz CT molecular complexity index is 1420. The molecule has 0 spiro atoms. The zero-order chi connectivity index (χ0) is 20.7. The topological polar surface area (TPSA) is 66.2 Å². The lowest BCUT2D eigenvalue weighted by atomic mass is 10.1. The zero-order valence-corrected chi connectivity index (χ0v) is 17.3. The summed E-state index contributed by atoms with van der Waals surface area (Å²) in [6.07, 6.45) is 0. The van der Waals surface area contributed by atoms with Gasteiger partial charge in [0.2, 0.25) is 5.95 Å². The molecule has 0 fully saturated rings. The maximum atomic E-state index is 6.21. The predicted molar refractivity (Wildman–Crippen MR) is 121 cm³/mol. The van der Waals surface area contributed by atoms with E-state index < -0.39 is 0 Å². The van der Waals surface area contributed by atoms with E-state index >= 15 is 0 Å². The monoisotopic (exact) mass is 414 g/mol. The van der Waals surface area contributed by atoms with Crippen LogP contribution in [0.2, 0.25) is 5.02 Å². The molecule has 0 amide bonds. The maximum Gasteiger partial charge on any atom is 0.222 e. The van der Waals surface area contributed by atoms with Crippen LogP contribution in [0.5, 0.6) is 0 Å². The highest BCUT2D eigenvalue weighted by Gasteiger charge is 2.09. The number of nitrogens with zero attached hydrogens (tertiary/aromatic N) is 2. The molecule has 0 aliphatic carbocycles. The average Bonchev–Trinajstić information content (AvgIpc) is 3.16. The van der Waals surface area contributed by atoms with Crippen LogP contribution in [0, 0.1) is 13.8 Å². The van der Waals surface area contributed by atoms with Gasteiger partial charge in [-0.1, -0.05) is 23.7 Å². The lowest BCUT2D eigenvalue weighted by Crippen LogP contribution is -2.08. The second-order valence-electron chi connectivity index (χ2n) is 7.26. The van der Waals surface area contributed by atoms with Crippen LogP contribution in [-0.2, 0) is 0 Å². The summed E-state index contributed by atoms with van der Waals surface area (Å²) in [6.45, 7) is 4.15. The van der Waals surface area contributed by atoms with Crippen molar-refractivity contribution in [3.05, 3.63) is 88.2 Å². The van der Waals surface area contributed by atoms with Gasteiger partial charge in [0.1, 0.15) is 11.3 Å². The van der Waals surface area contributed by atoms with Gasteiger partial charge in [0.05, 0.1) is 16.4 Å². The first-order valence-corrected chi connectivity index (χ1v) is 10.0. The molecule has 0 atom stereocenters. The van der Waals surface area contributed by atoms with E-state index in [0.29, 0.717) is 16.7 Å². The summed E-state index contributed by atoms with van der Waals surface area (Å²) in [6, 6.07) is 21.5. The molecule has 0 radical (unpaired) electrons. The highest BCUT2D eigenvalue weighted by molar-refractivity contribution is 6.30. The Morgan fingerprint density at radius 2 is 1.73 bits per heavy atom. The van der Waals surface area contributed by atoms with Crippen molar-refractivity contribution >= 4 is 39.6 Å². The quantitative estimate of drug-likeness (QED) is 0.347. The van der Waals surface area contributed by atoms with Gasteiger partial charge in [0.15, 0.2) is 0 Å². The van der Waals surface area contributed by atoms with Gasteiger partial charge in [0, 0.05) is 22.0 Å². The first-order chi connectivity index (χ1) is 14.6. The number of anilines is 1. The number of fused-ring (bicyclic) bond motifs is 2. The number of benzene rings is 3. The molecule has 3 aromatic carbocycles. The summed E-state index contributed by atoms with van der Waals surface area (Å²) >= 11 is 6.05. The summed E-state index contributed by atoms with van der Waals surface area (Å²) in [5.74, 6) is 1.30. The second kappa shape index (κ2) is 7.35. The maximum absolute atomic E-state index is 6.21. The molecule has 148 valence electrons. The highest BCUT2D eigenvalue weighted by Crippen LogP contribution is 2.25. The third kappa shape index (κ3) is 3.44. The normalized spacial score (nSPS) is 12.0. The van der Waals surface area contributed by atoms with Crippen molar-refractivity contribution in [1.29, 1.82) is 0 Å². The summed E-state index contributed by atoms with van der Waals surface area (Å²) in [5, 5.41) is 7.03. The number of imidazole rings is 1. The number of halogens is 1. The molecule has 0 aliphatic heterocycles. The van der Waals surface area contributed by atoms with Gasteiger partial charge in [-0.3, -0.25) is 0 Å². The number of hydrogen-bond donors (Lipinski definition) is 2. The molecule has 30 heavy (non-hydrogen) atoms. The molecule has 0 aliphatic rings. The first kappa shape index (κ1) is 18.5. The average molecular weight is 415 g/mol.